The van der Waals surface area contributed by atoms with Gasteiger partial charge in [0.1, 0.15) is 5.15 Å². The molecule has 0 amide bonds. The number of H-pyrrole nitrogens is 1. The van der Waals surface area contributed by atoms with Crippen LogP contribution in [0, 0.1) is 0 Å². The Kier molecular flexibility index (Phi) is 3.27. The van der Waals surface area contributed by atoms with Crippen LogP contribution in [0.4, 0.5) is 8.78 Å². The molecule has 0 radical (unpaired) electrons. The lowest BCUT2D eigenvalue weighted by Crippen LogP contribution is -2.14. The minimum atomic E-state index is -2.82. The van der Waals surface area contributed by atoms with Crippen molar-refractivity contribution in [3.8, 4) is 0 Å². The first-order valence-corrected chi connectivity index (χ1v) is 4.23. The second-order valence-electron chi connectivity index (χ2n) is 2.33. The van der Waals surface area contributed by atoms with Crippen LogP contribution in [0.25, 0.3) is 0 Å². The van der Waals surface area contributed by atoms with Gasteiger partial charge < -0.3 is 4.98 Å². The SMILES string of the molecule is O=c1[nH]c(Cl)c(CCl)cc1C(F)F. The van der Waals surface area contributed by atoms with Gasteiger partial charge in [-0.2, -0.15) is 0 Å². The molecule has 0 spiro atoms. The van der Waals surface area contributed by atoms with E-state index in [2.05, 4.69) is 4.98 Å². The Hall–Kier alpha value is -0.610. The highest BCUT2D eigenvalue weighted by atomic mass is 35.5. The third-order valence-electron chi connectivity index (χ3n) is 1.48. The van der Waals surface area contributed by atoms with Gasteiger partial charge >= 0.3 is 0 Å². The van der Waals surface area contributed by atoms with Crippen LogP contribution in [-0.2, 0) is 5.88 Å². The van der Waals surface area contributed by atoms with E-state index < -0.39 is 17.5 Å². The fraction of sp³-hybridized carbons (Fsp3) is 0.286. The average molecular weight is 228 g/mol. The zero-order valence-electron chi connectivity index (χ0n) is 6.28. The van der Waals surface area contributed by atoms with Crippen LogP contribution >= 0.6 is 23.2 Å². The number of alkyl halides is 3. The summed E-state index contributed by atoms with van der Waals surface area (Å²) in [6.07, 6.45) is -2.82. The quantitative estimate of drug-likeness (QED) is 0.612. The van der Waals surface area contributed by atoms with Crippen molar-refractivity contribution in [1.29, 1.82) is 0 Å². The third kappa shape index (κ3) is 2.19. The molecule has 0 bridgehead atoms. The zero-order valence-corrected chi connectivity index (χ0v) is 7.79. The molecule has 2 nitrogen and oxygen atoms in total. The summed E-state index contributed by atoms with van der Waals surface area (Å²) in [5, 5.41) is 0.00407. The third-order valence-corrected chi connectivity index (χ3v) is 2.10. The molecule has 0 aliphatic carbocycles. The molecule has 0 aliphatic rings. The van der Waals surface area contributed by atoms with Crippen LogP contribution in [0.1, 0.15) is 17.6 Å². The predicted molar refractivity (Wildman–Crippen MR) is 46.6 cm³/mol. The minimum absolute atomic E-state index is 0.00407. The standard InChI is InChI=1S/C7H5Cl2F2NO/c8-2-3-1-4(6(10)11)7(13)12-5(3)9/h1,6H,2H2,(H,12,13). The summed E-state index contributed by atoms with van der Waals surface area (Å²) in [5.74, 6) is -0.0185. The predicted octanol–water partition coefficient (Wildman–Crippen LogP) is 2.70. The molecule has 1 aromatic rings. The number of nitrogens with one attached hydrogen (secondary N) is 1. The lowest BCUT2D eigenvalue weighted by atomic mass is 10.2. The summed E-state index contributed by atoms with van der Waals surface area (Å²) in [6.45, 7) is 0. The van der Waals surface area contributed by atoms with Gasteiger partial charge in [0.2, 0.25) is 0 Å². The summed E-state index contributed by atoms with van der Waals surface area (Å²) in [4.78, 5) is 13.0. The Balaban J connectivity index is 3.31. The fourth-order valence-electron chi connectivity index (χ4n) is 0.828. The number of hydrogen-bond acceptors (Lipinski definition) is 1. The van der Waals surface area contributed by atoms with Gasteiger partial charge in [0.05, 0.1) is 11.4 Å². The van der Waals surface area contributed by atoms with Crippen LogP contribution in [-0.4, -0.2) is 4.98 Å². The van der Waals surface area contributed by atoms with E-state index in [1.54, 1.807) is 0 Å². The monoisotopic (exact) mass is 227 g/mol. The van der Waals surface area contributed by atoms with E-state index in [1.807, 2.05) is 0 Å². The first-order chi connectivity index (χ1) is 6.06. The second kappa shape index (κ2) is 4.07. The average Bonchev–Trinajstić information content (AvgIpc) is 2.03. The smallest absolute Gasteiger partial charge is 0.269 e. The van der Waals surface area contributed by atoms with Gasteiger partial charge in [-0.15, -0.1) is 11.6 Å². The Bertz CT molecular complexity index is 364. The largest absolute Gasteiger partial charge is 0.312 e. The van der Waals surface area contributed by atoms with E-state index in [0.29, 0.717) is 5.56 Å². The van der Waals surface area contributed by atoms with Crippen molar-refractivity contribution in [2.45, 2.75) is 12.3 Å². The van der Waals surface area contributed by atoms with Crippen molar-refractivity contribution < 1.29 is 8.78 Å². The first-order valence-electron chi connectivity index (χ1n) is 3.32. The summed E-state index contributed by atoms with van der Waals surface area (Å²) in [6, 6.07) is 1.01. The van der Waals surface area contributed by atoms with Crippen molar-refractivity contribution in [2.24, 2.45) is 0 Å². The Morgan fingerprint density at radius 2 is 2.15 bits per heavy atom. The molecule has 72 valence electrons. The van der Waals surface area contributed by atoms with E-state index >= 15 is 0 Å². The lowest BCUT2D eigenvalue weighted by molar-refractivity contribution is 0.149. The number of rotatable bonds is 2. The van der Waals surface area contributed by atoms with Crippen LogP contribution in [0.2, 0.25) is 5.15 Å². The highest BCUT2D eigenvalue weighted by Crippen LogP contribution is 2.20. The minimum Gasteiger partial charge on any atom is -0.312 e. The number of hydrogen-bond donors (Lipinski definition) is 1. The van der Waals surface area contributed by atoms with Gasteiger partial charge in [0, 0.05) is 5.56 Å². The highest BCUT2D eigenvalue weighted by molar-refractivity contribution is 6.31. The summed E-state index contributed by atoms with van der Waals surface area (Å²) >= 11 is 10.9. The summed E-state index contributed by atoms with van der Waals surface area (Å²) in [5.41, 5.74) is -1.20. The Morgan fingerprint density at radius 1 is 1.54 bits per heavy atom. The Morgan fingerprint density at radius 3 is 2.62 bits per heavy atom. The molecule has 0 fully saturated rings. The van der Waals surface area contributed by atoms with E-state index in [0.717, 1.165) is 6.07 Å². The molecule has 0 unspecified atom stereocenters. The van der Waals surface area contributed by atoms with Crippen molar-refractivity contribution in [3.05, 3.63) is 32.7 Å². The molecule has 0 atom stereocenters. The van der Waals surface area contributed by atoms with Gasteiger partial charge in [0.25, 0.3) is 12.0 Å². The van der Waals surface area contributed by atoms with Gasteiger partial charge in [-0.05, 0) is 6.07 Å². The number of aromatic nitrogens is 1. The molecule has 13 heavy (non-hydrogen) atoms. The molecular weight excluding hydrogens is 223 g/mol. The molecule has 0 aromatic carbocycles. The summed E-state index contributed by atoms with van der Waals surface area (Å²) in [7, 11) is 0. The highest BCUT2D eigenvalue weighted by Gasteiger charge is 2.14. The number of aromatic amines is 1. The maximum atomic E-state index is 12.2. The topological polar surface area (TPSA) is 32.9 Å². The van der Waals surface area contributed by atoms with Crippen molar-refractivity contribution in [2.75, 3.05) is 0 Å². The van der Waals surface area contributed by atoms with Crippen LogP contribution in [0.5, 0.6) is 0 Å². The molecular formula is C7H5Cl2F2NO. The van der Waals surface area contributed by atoms with Crippen molar-refractivity contribution in [3.63, 3.8) is 0 Å². The van der Waals surface area contributed by atoms with Crippen LogP contribution in [0.3, 0.4) is 0 Å². The Labute approximate surface area is 82.5 Å². The summed E-state index contributed by atoms with van der Waals surface area (Å²) < 4.78 is 24.3. The normalized spacial score (nSPS) is 10.8. The van der Waals surface area contributed by atoms with Gasteiger partial charge in [0.15, 0.2) is 0 Å². The van der Waals surface area contributed by atoms with Crippen molar-refractivity contribution >= 4 is 23.2 Å². The van der Waals surface area contributed by atoms with E-state index in [4.69, 9.17) is 23.2 Å². The molecule has 0 aliphatic heterocycles. The molecule has 6 heteroatoms. The number of pyridine rings is 1. The van der Waals surface area contributed by atoms with Gasteiger partial charge in [-0.25, -0.2) is 8.78 Å². The molecule has 1 heterocycles. The van der Waals surface area contributed by atoms with Crippen LogP contribution < -0.4 is 5.56 Å². The molecule has 1 aromatic heterocycles. The molecule has 1 rings (SSSR count). The van der Waals surface area contributed by atoms with E-state index in [9.17, 15) is 13.6 Å². The lowest BCUT2D eigenvalue weighted by Gasteiger charge is -2.02. The maximum Gasteiger partial charge on any atom is 0.269 e. The van der Waals surface area contributed by atoms with Crippen molar-refractivity contribution in [1.82, 2.24) is 4.98 Å². The molecule has 0 saturated carbocycles. The van der Waals surface area contributed by atoms with E-state index in [1.165, 1.54) is 0 Å². The zero-order chi connectivity index (χ0) is 10.0. The van der Waals surface area contributed by atoms with Crippen LogP contribution in [0.15, 0.2) is 10.9 Å². The first kappa shape index (κ1) is 10.5. The molecule has 0 saturated heterocycles. The van der Waals surface area contributed by atoms with Gasteiger partial charge in [-0.1, -0.05) is 11.6 Å². The second-order valence-corrected chi connectivity index (χ2v) is 2.97. The van der Waals surface area contributed by atoms with E-state index in [-0.39, 0.29) is 11.0 Å². The fourth-order valence-corrected chi connectivity index (χ4v) is 1.31. The maximum absolute atomic E-state index is 12.2. The number of halogens is 4. The van der Waals surface area contributed by atoms with Gasteiger partial charge in [-0.3, -0.25) is 4.79 Å². The molecule has 1 N–H and O–H groups in total.